The van der Waals surface area contributed by atoms with Crippen LogP contribution in [0.25, 0.3) is 0 Å². The van der Waals surface area contributed by atoms with Gasteiger partial charge in [0.15, 0.2) is 0 Å². The largest absolute Gasteiger partial charge is 0.399 e. The fraction of sp³-hybridized carbons (Fsp3) is 0.500. The van der Waals surface area contributed by atoms with E-state index in [0.717, 1.165) is 16.6 Å². The van der Waals surface area contributed by atoms with E-state index in [2.05, 4.69) is 42.0 Å². The summed E-state index contributed by atoms with van der Waals surface area (Å²) in [7, 11) is 1.96. The summed E-state index contributed by atoms with van der Waals surface area (Å²) in [6.45, 7) is 6.72. The maximum Gasteiger partial charge on any atom is 0.238 e. The average molecular weight is 328 g/mol. The number of benzene rings is 1. The van der Waals surface area contributed by atoms with Crippen molar-refractivity contribution in [2.45, 2.75) is 32.7 Å². The van der Waals surface area contributed by atoms with Crippen LogP contribution in [0.15, 0.2) is 22.7 Å². The van der Waals surface area contributed by atoms with Crippen molar-refractivity contribution >= 4 is 33.2 Å². The van der Waals surface area contributed by atoms with Crippen LogP contribution < -0.4 is 11.1 Å². The van der Waals surface area contributed by atoms with E-state index >= 15 is 0 Å². The molecule has 106 valence electrons. The molecule has 0 fully saturated rings. The fourth-order valence-electron chi connectivity index (χ4n) is 1.52. The number of carbonyl (C=O) groups is 1. The number of likely N-dealkylation sites (N-methyl/N-ethyl adjacent to an activating group) is 1. The molecule has 0 unspecified atom stereocenters. The molecular weight excluding hydrogens is 306 g/mol. The van der Waals surface area contributed by atoms with Crippen LogP contribution in [0, 0.1) is 0 Å². The van der Waals surface area contributed by atoms with Gasteiger partial charge in [0.05, 0.1) is 12.2 Å². The van der Waals surface area contributed by atoms with E-state index in [9.17, 15) is 4.79 Å². The third-order valence-corrected chi connectivity index (χ3v) is 4.20. The van der Waals surface area contributed by atoms with Crippen molar-refractivity contribution in [3.05, 3.63) is 22.7 Å². The topological polar surface area (TPSA) is 58.4 Å². The van der Waals surface area contributed by atoms with E-state index in [4.69, 9.17) is 5.73 Å². The van der Waals surface area contributed by atoms with Crippen molar-refractivity contribution in [2.75, 3.05) is 24.6 Å². The molecule has 4 nitrogen and oxygen atoms in total. The monoisotopic (exact) mass is 327 g/mol. The van der Waals surface area contributed by atoms with Gasteiger partial charge in [0.2, 0.25) is 5.91 Å². The van der Waals surface area contributed by atoms with Crippen LogP contribution in [0.3, 0.4) is 0 Å². The maximum atomic E-state index is 12.0. The third kappa shape index (κ3) is 4.51. The van der Waals surface area contributed by atoms with Gasteiger partial charge in [-0.3, -0.25) is 9.69 Å². The van der Waals surface area contributed by atoms with Gasteiger partial charge >= 0.3 is 0 Å². The normalized spacial score (nSPS) is 11.7. The number of nitrogens with two attached hydrogens (primary N) is 1. The summed E-state index contributed by atoms with van der Waals surface area (Å²) in [5.41, 5.74) is 7.07. The maximum absolute atomic E-state index is 12.0. The molecule has 1 rings (SSSR count). The van der Waals surface area contributed by atoms with Crippen LogP contribution in [-0.4, -0.2) is 29.9 Å². The van der Waals surface area contributed by atoms with Crippen LogP contribution in [0.2, 0.25) is 0 Å². The smallest absolute Gasteiger partial charge is 0.238 e. The summed E-state index contributed by atoms with van der Waals surface area (Å²) >= 11 is 3.39. The minimum atomic E-state index is -0.0329. The number of nitrogen functional groups attached to an aromatic ring is 1. The molecule has 0 saturated heterocycles. The van der Waals surface area contributed by atoms with Crippen LogP contribution >= 0.6 is 15.9 Å². The molecule has 1 aromatic carbocycles. The number of anilines is 2. The summed E-state index contributed by atoms with van der Waals surface area (Å²) in [5.74, 6) is -0.0329. The van der Waals surface area contributed by atoms with Crippen LogP contribution in [0.4, 0.5) is 11.4 Å². The molecule has 1 aromatic rings. The first kappa shape index (κ1) is 16.0. The number of hydrogen-bond donors (Lipinski definition) is 2. The van der Waals surface area contributed by atoms with E-state index in [1.165, 1.54) is 0 Å². The number of carbonyl (C=O) groups excluding carboxylic acids is 1. The van der Waals surface area contributed by atoms with Gasteiger partial charge in [-0.05, 0) is 61.4 Å². The number of halogens is 1. The number of nitrogens with one attached hydrogen (secondary N) is 1. The fourth-order valence-corrected chi connectivity index (χ4v) is 2.02. The first-order valence-electron chi connectivity index (χ1n) is 6.32. The third-order valence-electron chi connectivity index (χ3n) is 3.55. The Morgan fingerprint density at radius 3 is 2.63 bits per heavy atom. The molecule has 0 saturated carbocycles. The summed E-state index contributed by atoms with van der Waals surface area (Å²) in [4.78, 5) is 14.1. The Bertz CT molecular complexity index is 460. The number of hydrogen-bond acceptors (Lipinski definition) is 3. The van der Waals surface area contributed by atoms with Gasteiger partial charge in [-0.2, -0.15) is 0 Å². The highest BCUT2D eigenvalue weighted by atomic mass is 79.9. The predicted molar refractivity (Wildman–Crippen MR) is 84.2 cm³/mol. The van der Waals surface area contributed by atoms with Gasteiger partial charge in [-0.1, -0.05) is 6.92 Å². The van der Waals surface area contributed by atoms with E-state index in [1.54, 1.807) is 18.2 Å². The van der Waals surface area contributed by atoms with Crippen molar-refractivity contribution in [1.29, 1.82) is 0 Å². The summed E-state index contributed by atoms with van der Waals surface area (Å²) in [6.07, 6.45) is 0.988. The Balaban J connectivity index is 2.65. The zero-order valence-corrected chi connectivity index (χ0v) is 13.5. The molecule has 0 bridgehead atoms. The molecule has 0 aliphatic rings. The molecule has 0 heterocycles. The Kier molecular flexibility index (Phi) is 5.38. The molecule has 5 heteroatoms. The summed E-state index contributed by atoms with van der Waals surface area (Å²) < 4.78 is 0.790. The molecule has 0 aliphatic heterocycles. The van der Waals surface area contributed by atoms with Crippen LogP contribution in [0.5, 0.6) is 0 Å². The Hall–Kier alpha value is -1.07. The molecule has 1 amide bonds. The average Bonchev–Trinajstić information content (AvgIpc) is 2.32. The van der Waals surface area contributed by atoms with Gasteiger partial charge in [0.1, 0.15) is 0 Å². The number of rotatable bonds is 5. The first-order valence-corrected chi connectivity index (χ1v) is 7.11. The van der Waals surface area contributed by atoms with Gasteiger partial charge in [-0.25, -0.2) is 0 Å². The SMILES string of the molecule is CCC(C)(C)N(C)CC(=O)Nc1ccc(N)cc1Br. The molecule has 0 radical (unpaired) electrons. The lowest BCUT2D eigenvalue weighted by molar-refractivity contribution is -0.118. The van der Waals surface area contributed by atoms with E-state index in [1.807, 2.05) is 11.9 Å². The van der Waals surface area contributed by atoms with Crippen LogP contribution in [0.1, 0.15) is 27.2 Å². The molecule has 0 aliphatic carbocycles. The highest BCUT2D eigenvalue weighted by Crippen LogP contribution is 2.24. The summed E-state index contributed by atoms with van der Waals surface area (Å²) in [6, 6.07) is 5.33. The zero-order chi connectivity index (χ0) is 14.6. The van der Waals surface area contributed by atoms with Crippen LogP contribution in [-0.2, 0) is 4.79 Å². The standard InChI is InChI=1S/C14H22BrN3O/c1-5-14(2,3)18(4)9-13(19)17-12-7-6-10(16)8-11(12)15/h6-8H,5,9,16H2,1-4H3,(H,17,19). The highest BCUT2D eigenvalue weighted by Gasteiger charge is 2.23. The lowest BCUT2D eigenvalue weighted by Gasteiger charge is -2.34. The first-order chi connectivity index (χ1) is 8.76. The van der Waals surface area contributed by atoms with Crippen molar-refractivity contribution in [2.24, 2.45) is 0 Å². The lowest BCUT2D eigenvalue weighted by atomic mass is 10.0. The molecule has 0 atom stereocenters. The second kappa shape index (κ2) is 6.39. The quantitative estimate of drug-likeness (QED) is 0.817. The minimum absolute atomic E-state index is 0.00961. The molecule has 3 N–H and O–H groups in total. The van der Waals surface area contributed by atoms with Crippen molar-refractivity contribution < 1.29 is 4.79 Å². The summed E-state index contributed by atoms with van der Waals surface area (Å²) in [5, 5.41) is 2.88. The van der Waals surface area contributed by atoms with Crippen molar-refractivity contribution in [3.63, 3.8) is 0 Å². The van der Waals surface area contributed by atoms with Gasteiger partial charge in [0, 0.05) is 15.7 Å². The Morgan fingerprint density at radius 1 is 1.47 bits per heavy atom. The second-order valence-corrected chi connectivity index (χ2v) is 6.16. The lowest BCUT2D eigenvalue weighted by Crippen LogP contribution is -2.44. The second-order valence-electron chi connectivity index (χ2n) is 5.31. The van der Waals surface area contributed by atoms with Gasteiger partial charge < -0.3 is 11.1 Å². The van der Waals surface area contributed by atoms with E-state index in [-0.39, 0.29) is 11.4 Å². The Morgan fingerprint density at radius 2 is 2.11 bits per heavy atom. The van der Waals surface area contributed by atoms with E-state index in [0.29, 0.717) is 12.2 Å². The Labute approximate surface area is 123 Å². The van der Waals surface area contributed by atoms with E-state index < -0.39 is 0 Å². The minimum Gasteiger partial charge on any atom is -0.399 e. The molecule has 19 heavy (non-hydrogen) atoms. The number of nitrogens with zero attached hydrogens (tertiary/aromatic N) is 1. The van der Waals surface area contributed by atoms with Gasteiger partial charge in [0.25, 0.3) is 0 Å². The van der Waals surface area contributed by atoms with Crippen molar-refractivity contribution in [1.82, 2.24) is 4.90 Å². The van der Waals surface area contributed by atoms with Crippen molar-refractivity contribution in [3.8, 4) is 0 Å². The molecule has 0 spiro atoms. The highest BCUT2D eigenvalue weighted by molar-refractivity contribution is 9.10. The number of amides is 1. The molecular formula is C14H22BrN3O. The predicted octanol–water partition coefficient (Wildman–Crippen LogP) is 3.09. The zero-order valence-electron chi connectivity index (χ0n) is 12.0. The molecule has 0 aromatic heterocycles. The van der Waals surface area contributed by atoms with Gasteiger partial charge in [-0.15, -0.1) is 0 Å².